The Morgan fingerprint density at radius 2 is 2.26 bits per heavy atom. The Morgan fingerprint density at radius 3 is 3.00 bits per heavy atom. The van der Waals surface area contributed by atoms with Crippen molar-refractivity contribution >= 4 is 38.9 Å². The van der Waals surface area contributed by atoms with Gasteiger partial charge in [0.1, 0.15) is 0 Å². The van der Waals surface area contributed by atoms with Gasteiger partial charge in [-0.2, -0.15) is 0 Å². The summed E-state index contributed by atoms with van der Waals surface area (Å²) in [5.74, 6) is 0.0626. The largest absolute Gasteiger partial charge is 0.392 e. The van der Waals surface area contributed by atoms with Crippen LogP contribution in [-0.2, 0) is 11.3 Å². The smallest absolute Gasteiger partial charge is 0.236 e. The number of fused-ring (bicyclic) bond motifs is 1. The standard InChI is InChI=1S/C17H21ClN2O2S/c1-19(16(22)11-20-8-4-5-12(21)9-20)10-15-17(18)13-6-2-3-7-14(13)23-15/h2-3,6-7,12,21H,4-5,8-11H2,1H3. The second-order valence-corrected chi connectivity index (χ2v) is 7.63. The Morgan fingerprint density at radius 1 is 1.48 bits per heavy atom. The monoisotopic (exact) mass is 352 g/mol. The number of likely N-dealkylation sites (tertiary alicyclic amines) is 1. The molecule has 2 heterocycles. The highest BCUT2D eigenvalue weighted by atomic mass is 35.5. The van der Waals surface area contributed by atoms with E-state index in [1.807, 2.05) is 36.2 Å². The summed E-state index contributed by atoms with van der Waals surface area (Å²) in [4.78, 5) is 17.2. The lowest BCUT2D eigenvalue weighted by atomic mass is 10.1. The third-order valence-electron chi connectivity index (χ3n) is 4.25. The fourth-order valence-corrected chi connectivity index (χ4v) is 4.50. The van der Waals surface area contributed by atoms with Gasteiger partial charge in [-0.25, -0.2) is 0 Å². The van der Waals surface area contributed by atoms with E-state index >= 15 is 0 Å². The van der Waals surface area contributed by atoms with E-state index in [4.69, 9.17) is 11.6 Å². The summed E-state index contributed by atoms with van der Waals surface area (Å²) in [6, 6.07) is 8.03. The van der Waals surface area contributed by atoms with Crippen LogP contribution < -0.4 is 0 Å². The van der Waals surface area contributed by atoms with Crippen molar-refractivity contribution in [3.05, 3.63) is 34.2 Å². The number of carbonyl (C=O) groups excluding carboxylic acids is 1. The third kappa shape index (κ3) is 3.86. The van der Waals surface area contributed by atoms with E-state index in [1.54, 1.807) is 16.2 Å². The molecule has 6 heteroatoms. The predicted octanol–water partition coefficient (Wildman–Crippen LogP) is 2.97. The van der Waals surface area contributed by atoms with E-state index in [2.05, 4.69) is 0 Å². The Kier molecular flexibility index (Phi) is 5.21. The van der Waals surface area contributed by atoms with Crippen LogP contribution in [0.2, 0.25) is 5.02 Å². The minimum absolute atomic E-state index is 0.0626. The quantitative estimate of drug-likeness (QED) is 0.920. The third-order valence-corrected chi connectivity index (χ3v) is 5.95. The molecule has 0 radical (unpaired) electrons. The van der Waals surface area contributed by atoms with Gasteiger partial charge in [0.2, 0.25) is 5.91 Å². The van der Waals surface area contributed by atoms with E-state index in [0.717, 1.165) is 39.4 Å². The number of benzene rings is 1. The van der Waals surface area contributed by atoms with Gasteiger partial charge in [-0.3, -0.25) is 9.69 Å². The number of hydrogen-bond donors (Lipinski definition) is 1. The highest BCUT2D eigenvalue weighted by molar-refractivity contribution is 7.19. The fraction of sp³-hybridized carbons (Fsp3) is 0.471. The topological polar surface area (TPSA) is 43.8 Å². The van der Waals surface area contributed by atoms with Gasteiger partial charge in [-0.1, -0.05) is 29.8 Å². The van der Waals surface area contributed by atoms with Crippen LogP contribution in [0.1, 0.15) is 17.7 Å². The number of hydrogen-bond acceptors (Lipinski definition) is 4. The number of aliphatic hydroxyl groups is 1. The number of aliphatic hydroxyl groups excluding tert-OH is 1. The van der Waals surface area contributed by atoms with Crippen molar-refractivity contribution in [2.75, 3.05) is 26.7 Å². The first-order valence-electron chi connectivity index (χ1n) is 7.85. The first-order valence-corrected chi connectivity index (χ1v) is 9.04. The highest BCUT2D eigenvalue weighted by Crippen LogP contribution is 2.35. The Bertz CT molecular complexity index is 703. The average Bonchev–Trinajstić information content (AvgIpc) is 2.84. The van der Waals surface area contributed by atoms with E-state index in [-0.39, 0.29) is 12.0 Å². The van der Waals surface area contributed by atoms with E-state index < -0.39 is 0 Å². The van der Waals surface area contributed by atoms with Crippen molar-refractivity contribution < 1.29 is 9.90 Å². The molecule has 23 heavy (non-hydrogen) atoms. The maximum atomic E-state index is 12.4. The first kappa shape index (κ1) is 16.7. The molecule has 0 spiro atoms. The van der Waals surface area contributed by atoms with E-state index in [0.29, 0.717) is 19.6 Å². The lowest BCUT2D eigenvalue weighted by Crippen LogP contribution is -2.44. The van der Waals surface area contributed by atoms with Crippen molar-refractivity contribution in [3.63, 3.8) is 0 Å². The number of likely N-dealkylation sites (N-methyl/N-ethyl adjacent to an activating group) is 1. The zero-order chi connectivity index (χ0) is 16.4. The minimum atomic E-state index is -0.307. The number of amides is 1. The zero-order valence-corrected chi connectivity index (χ0v) is 14.7. The molecule has 1 amide bonds. The van der Waals surface area contributed by atoms with E-state index in [1.165, 1.54) is 0 Å². The van der Waals surface area contributed by atoms with Gasteiger partial charge in [-0.05, 0) is 25.5 Å². The van der Waals surface area contributed by atoms with Gasteiger partial charge in [0.25, 0.3) is 0 Å². The number of thiophene rings is 1. The van der Waals surface area contributed by atoms with Gasteiger partial charge in [0.15, 0.2) is 0 Å². The molecular weight excluding hydrogens is 332 g/mol. The van der Waals surface area contributed by atoms with Crippen LogP contribution in [0.3, 0.4) is 0 Å². The highest BCUT2D eigenvalue weighted by Gasteiger charge is 2.22. The maximum absolute atomic E-state index is 12.4. The molecule has 0 saturated carbocycles. The van der Waals surface area contributed by atoms with Crippen molar-refractivity contribution in [2.45, 2.75) is 25.5 Å². The summed E-state index contributed by atoms with van der Waals surface area (Å²) >= 11 is 8.08. The van der Waals surface area contributed by atoms with Crippen LogP contribution in [0, 0.1) is 0 Å². The van der Waals surface area contributed by atoms with Crippen molar-refractivity contribution in [2.24, 2.45) is 0 Å². The summed E-state index contributed by atoms with van der Waals surface area (Å²) in [6.45, 7) is 2.34. The normalized spacial score (nSPS) is 19.2. The maximum Gasteiger partial charge on any atom is 0.236 e. The summed E-state index contributed by atoms with van der Waals surface area (Å²) in [5.41, 5.74) is 0. The van der Waals surface area contributed by atoms with Gasteiger partial charge >= 0.3 is 0 Å². The molecule has 1 saturated heterocycles. The molecule has 0 bridgehead atoms. The molecule has 1 aliphatic rings. The molecule has 1 aromatic carbocycles. The molecule has 3 rings (SSSR count). The van der Waals surface area contributed by atoms with Crippen molar-refractivity contribution in [3.8, 4) is 0 Å². The van der Waals surface area contributed by atoms with Gasteiger partial charge in [-0.15, -0.1) is 11.3 Å². The number of piperidine rings is 1. The number of β-amino-alcohol motifs (C(OH)–C–C–N with tert-alkyl or cyclic N) is 1. The number of halogens is 1. The number of carbonyl (C=O) groups is 1. The molecule has 1 aliphatic heterocycles. The number of nitrogens with zero attached hydrogens (tertiary/aromatic N) is 2. The second kappa shape index (κ2) is 7.18. The summed E-state index contributed by atoms with van der Waals surface area (Å²) < 4.78 is 1.15. The Labute approximate surface area is 145 Å². The Balaban J connectivity index is 1.64. The van der Waals surface area contributed by atoms with Crippen LogP contribution in [-0.4, -0.2) is 53.6 Å². The van der Waals surface area contributed by atoms with Gasteiger partial charge < -0.3 is 10.0 Å². The summed E-state index contributed by atoms with van der Waals surface area (Å²) in [6.07, 6.45) is 1.47. The average molecular weight is 353 g/mol. The van der Waals surface area contributed by atoms with Crippen LogP contribution in [0.4, 0.5) is 0 Å². The number of rotatable bonds is 4. The van der Waals surface area contributed by atoms with Gasteiger partial charge in [0, 0.05) is 28.6 Å². The molecule has 1 atom stereocenters. The molecule has 1 aromatic heterocycles. The van der Waals surface area contributed by atoms with Crippen LogP contribution in [0.15, 0.2) is 24.3 Å². The van der Waals surface area contributed by atoms with Crippen molar-refractivity contribution in [1.82, 2.24) is 9.80 Å². The molecule has 1 N–H and O–H groups in total. The zero-order valence-electron chi connectivity index (χ0n) is 13.2. The molecule has 2 aromatic rings. The lowest BCUT2D eigenvalue weighted by molar-refractivity contribution is -0.132. The lowest BCUT2D eigenvalue weighted by Gasteiger charge is -2.30. The summed E-state index contributed by atoms with van der Waals surface area (Å²) in [7, 11) is 1.81. The molecule has 124 valence electrons. The molecule has 1 unspecified atom stereocenters. The van der Waals surface area contributed by atoms with Crippen LogP contribution >= 0.6 is 22.9 Å². The minimum Gasteiger partial charge on any atom is -0.392 e. The molecular formula is C17H21ClN2O2S. The van der Waals surface area contributed by atoms with Crippen LogP contribution in [0.25, 0.3) is 10.1 Å². The van der Waals surface area contributed by atoms with Crippen molar-refractivity contribution in [1.29, 1.82) is 0 Å². The van der Waals surface area contributed by atoms with Gasteiger partial charge in [0.05, 0.1) is 24.2 Å². The summed E-state index contributed by atoms with van der Waals surface area (Å²) in [5, 5.41) is 11.5. The molecule has 1 fully saturated rings. The molecule has 0 aliphatic carbocycles. The predicted molar refractivity (Wildman–Crippen MR) is 95.0 cm³/mol. The Hall–Kier alpha value is -1.14. The fourth-order valence-electron chi connectivity index (χ4n) is 2.96. The first-order chi connectivity index (χ1) is 11.0. The molecule has 4 nitrogen and oxygen atoms in total. The van der Waals surface area contributed by atoms with E-state index in [9.17, 15) is 9.90 Å². The second-order valence-electron chi connectivity index (χ2n) is 6.12. The SMILES string of the molecule is CN(Cc1sc2ccccc2c1Cl)C(=O)CN1CCCC(O)C1. The van der Waals surface area contributed by atoms with Crippen LogP contribution in [0.5, 0.6) is 0 Å².